The van der Waals surface area contributed by atoms with Gasteiger partial charge >= 0.3 is 11.9 Å². The second-order valence-electron chi connectivity index (χ2n) is 7.23. The van der Waals surface area contributed by atoms with Crippen LogP contribution in [0.25, 0.3) is 0 Å². The van der Waals surface area contributed by atoms with E-state index in [1.807, 2.05) is 30.3 Å². The van der Waals surface area contributed by atoms with Gasteiger partial charge in [0, 0.05) is 33.0 Å². The van der Waals surface area contributed by atoms with Crippen LogP contribution in [0.1, 0.15) is 24.8 Å². The Labute approximate surface area is 197 Å². The quantitative estimate of drug-likeness (QED) is 0.263. The Hall–Kier alpha value is -3.05. The summed E-state index contributed by atoms with van der Waals surface area (Å²) in [5.74, 6) is -1.93. The van der Waals surface area contributed by atoms with Gasteiger partial charge in [-0.1, -0.05) is 30.3 Å². The molecule has 0 spiro atoms. The summed E-state index contributed by atoms with van der Waals surface area (Å²) in [5, 5.41) is 5.22. The molecule has 1 fully saturated rings. The first-order valence-corrected chi connectivity index (χ1v) is 11.0. The second kappa shape index (κ2) is 14.2. The molecule has 2 amide bonds. The third-order valence-corrected chi connectivity index (χ3v) is 5.14. The molecule has 2 rings (SSSR count). The summed E-state index contributed by atoms with van der Waals surface area (Å²) in [4.78, 5) is 49.9. The summed E-state index contributed by atoms with van der Waals surface area (Å²) < 4.78 is 15.0. The predicted molar refractivity (Wildman–Crippen MR) is 122 cm³/mol. The van der Waals surface area contributed by atoms with Gasteiger partial charge in [-0.15, -0.1) is 0 Å². The molecule has 0 aliphatic carbocycles. The lowest BCUT2D eigenvalue weighted by Gasteiger charge is -2.36. The zero-order valence-electron chi connectivity index (χ0n) is 18.5. The van der Waals surface area contributed by atoms with Crippen molar-refractivity contribution in [2.24, 2.45) is 0 Å². The second-order valence-corrected chi connectivity index (χ2v) is 7.61. The summed E-state index contributed by atoms with van der Waals surface area (Å²) in [6.07, 6.45) is 0.117. The first kappa shape index (κ1) is 26.2. The van der Waals surface area contributed by atoms with Crippen molar-refractivity contribution < 1.29 is 33.4 Å². The largest absolute Gasteiger partial charge is 0.465 e. The molecule has 33 heavy (non-hydrogen) atoms. The highest BCUT2D eigenvalue weighted by Gasteiger charge is 2.34. The summed E-state index contributed by atoms with van der Waals surface area (Å²) >= 11 is 5.28. The zero-order chi connectivity index (χ0) is 24.1. The molecule has 0 saturated carbocycles. The number of esters is 2. The number of amides is 2. The summed E-state index contributed by atoms with van der Waals surface area (Å²) in [6.45, 7) is 1.22. The number of carbonyl (C=O) groups excluding carboxylic acids is 4. The molecule has 180 valence electrons. The van der Waals surface area contributed by atoms with Crippen molar-refractivity contribution in [2.75, 3.05) is 40.0 Å². The van der Waals surface area contributed by atoms with E-state index < -0.39 is 23.9 Å². The average molecular weight is 480 g/mol. The summed E-state index contributed by atoms with van der Waals surface area (Å²) in [7, 11) is 1.49. The molecule has 1 aromatic carbocycles. The minimum absolute atomic E-state index is 0.0182. The van der Waals surface area contributed by atoms with Crippen molar-refractivity contribution in [3.63, 3.8) is 0 Å². The number of rotatable bonds is 11. The molecule has 1 heterocycles. The minimum Gasteiger partial charge on any atom is -0.465 e. The molecule has 1 aliphatic heterocycles. The fourth-order valence-corrected chi connectivity index (χ4v) is 3.42. The van der Waals surface area contributed by atoms with E-state index in [1.165, 1.54) is 12.0 Å². The fraction of sp³-hybridized carbons (Fsp3) is 0.500. The lowest BCUT2D eigenvalue weighted by Crippen LogP contribution is -2.60. The van der Waals surface area contributed by atoms with Crippen molar-refractivity contribution in [1.82, 2.24) is 15.5 Å². The number of hydrogen-bond acceptors (Lipinski definition) is 8. The van der Waals surface area contributed by atoms with Gasteiger partial charge in [0.1, 0.15) is 12.6 Å². The maximum atomic E-state index is 12.4. The standard InChI is InChI=1S/C22H29N3O7S/c1-30-13-14-32-19(27)8-7-18(26)24-22(33)25-11-10-23-21(29)17(25)15-20(28)31-12-9-16-5-3-2-4-6-16/h2-6,17H,7-15H2,1H3,(H,23,29)(H,24,26,33). The van der Waals surface area contributed by atoms with E-state index in [9.17, 15) is 19.2 Å². The van der Waals surface area contributed by atoms with Crippen LogP contribution in [0.3, 0.4) is 0 Å². The summed E-state index contributed by atoms with van der Waals surface area (Å²) in [6, 6.07) is 8.69. The van der Waals surface area contributed by atoms with Crippen LogP contribution < -0.4 is 10.6 Å². The Balaban J connectivity index is 1.80. The molecule has 1 aliphatic rings. The third kappa shape index (κ3) is 9.54. The smallest absolute Gasteiger partial charge is 0.308 e. The number of ether oxygens (including phenoxy) is 3. The average Bonchev–Trinajstić information content (AvgIpc) is 2.80. The van der Waals surface area contributed by atoms with Gasteiger partial charge in [-0.2, -0.15) is 0 Å². The van der Waals surface area contributed by atoms with Crippen LogP contribution in [0, 0.1) is 0 Å². The molecule has 2 N–H and O–H groups in total. The van der Waals surface area contributed by atoms with Gasteiger partial charge in [0.05, 0.1) is 26.1 Å². The van der Waals surface area contributed by atoms with Crippen molar-refractivity contribution in [2.45, 2.75) is 31.7 Å². The van der Waals surface area contributed by atoms with E-state index in [-0.39, 0.29) is 50.1 Å². The van der Waals surface area contributed by atoms with Crippen LogP contribution >= 0.6 is 12.2 Å². The topological polar surface area (TPSA) is 123 Å². The SMILES string of the molecule is COCCOC(=O)CCC(=O)NC(=S)N1CCNC(=O)C1CC(=O)OCCc1ccccc1. The first-order valence-electron chi connectivity index (χ1n) is 10.6. The molecule has 0 aromatic heterocycles. The fourth-order valence-electron chi connectivity index (χ4n) is 3.09. The van der Waals surface area contributed by atoms with Crippen molar-refractivity contribution in [3.05, 3.63) is 35.9 Å². The predicted octanol–water partition coefficient (Wildman–Crippen LogP) is 0.334. The lowest BCUT2D eigenvalue weighted by atomic mass is 10.1. The van der Waals surface area contributed by atoms with Crippen molar-refractivity contribution >= 4 is 41.1 Å². The van der Waals surface area contributed by atoms with Crippen LogP contribution in [-0.4, -0.2) is 79.8 Å². The molecule has 1 atom stereocenters. The van der Waals surface area contributed by atoms with Gasteiger partial charge in [0.2, 0.25) is 11.8 Å². The third-order valence-electron chi connectivity index (χ3n) is 4.80. The zero-order valence-corrected chi connectivity index (χ0v) is 19.4. The highest BCUT2D eigenvalue weighted by atomic mass is 32.1. The van der Waals surface area contributed by atoms with Crippen LogP contribution in [-0.2, 0) is 39.8 Å². The number of benzene rings is 1. The highest BCUT2D eigenvalue weighted by Crippen LogP contribution is 2.11. The lowest BCUT2D eigenvalue weighted by molar-refractivity contribution is -0.147. The van der Waals surface area contributed by atoms with Crippen LogP contribution in [0.5, 0.6) is 0 Å². The maximum Gasteiger partial charge on any atom is 0.308 e. The van der Waals surface area contributed by atoms with Gasteiger partial charge in [0.25, 0.3) is 0 Å². The van der Waals surface area contributed by atoms with Gasteiger partial charge in [0.15, 0.2) is 5.11 Å². The Bertz CT molecular complexity index is 835. The Kier molecular flexibility index (Phi) is 11.3. The number of methoxy groups -OCH3 is 1. The first-order chi connectivity index (χ1) is 15.9. The van der Waals surface area contributed by atoms with E-state index in [1.54, 1.807) is 0 Å². The monoisotopic (exact) mass is 479 g/mol. The number of piperazine rings is 1. The molecule has 1 unspecified atom stereocenters. The number of hydrogen-bond donors (Lipinski definition) is 2. The van der Waals surface area contributed by atoms with Gasteiger partial charge < -0.3 is 29.7 Å². The van der Waals surface area contributed by atoms with E-state index in [0.717, 1.165) is 5.56 Å². The van der Waals surface area contributed by atoms with E-state index in [2.05, 4.69) is 10.6 Å². The summed E-state index contributed by atoms with van der Waals surface area (Å²) in [5.41, 5.74) is 1.04. The Morgan fingerprint density at radius 3 is 2.55 bits per heavy atom. The number of nitrogens with zero attached hydrogens (tertiary/aromatic N) is 1. The maximum absolute atomic E-state index is 12.4. The van der Waals surface area contributed by atoms with Crippen molar-refractivity contribution in [1.29, 1.82) is 0 Å². The van der Waals surface area contributed by atoms with E-state index in [4.69, 9.17) is 26.4 Å². The van der Waals surface area contributed by atoms with E-state index in [0.29, 0.717) is 19.5 Å². The van der Waals surface area contributed by atoms with Crippen LogP contribution in [0.2, 0.25) is 0 Å². The molecule has 11 heteroatoms. The Morgan fingerprint density at radius 1 is 1.09 bits per heavy atom. The molecule has 1 saturated heterocycles. The van der Waals surface area contributed by atoms with E-state index >= 15 is 0 Å². The molecule has 0 radical (unpaired) electrons. The number of thiocarbonyl (C=S) groups is 1. The van der Waals surface area contributed by atoms with Crippen LogP contribution in [0.15, 0.2) is 30.3 Å². The normalized spacial score (nSPS) is 15.4. The molecule has 0 bridgehead atoms. The number of nitrogens with one attached hydrogen (secondary N) is 2. The van der Waals surface area contributed by atoms with Gasteiger partial charge in [-0.25, -0.2) is 0 Å². The van der Waals surface area contributed by atoms with Crippen molar-refractivity contribution in [3.8, 4) is 0 Å². The molecule has 1 aromatic rings. The molecular weight excluding hydrogens is 450 g/mol. The molecule has 10 nitrogen and oxygen atoms in total. The Morgan fingerprint density at radius 2 is 1.82 bits per heavy atom. The number of carbonyl (C=O) groups is 4. The minimum atomic E-state index is -0.894. The van der Waals surface area contributed by atoms with Gasteiger partial charge in [-0.3, -0.25) is 19.2 Å². The van der Waals surface area contributed by atoms with Gasteiger partial charge in [-0.05, 0) is 17.8 Å². The van der Waals surface area contributed by atoms with Crippen LogP contribution in [0.4, 0.5) is 0 Å². The highest BCUT2D eigenvalue weighted by molar-refractivity contribution is 7.80. The molecular formula is C22H29N3O7S.